The summed E-state index contributed by atoms with van der Waals surface area (Å²) < 4.78 is 6.71. The molecule has 1 aromatic carbocycles. The van der Waals surface area contributed by atoms with E-state index in [0.29, 0.717) is 16.6 Å². The second-order valence-electron chi connectivity index (χ2n) is 8.04. The Morgan fingerprint density at radius 2 is 1.46 bits per heavy atom. The highest BCUT2D eigenvalue weighted by Gasteiger charge is 2.47. The third kappa shape index (κ3) is 4.41. The molecule has 0 bridgehead atoms. The Morgan fingerprint density at radius 1 is 0.958 bits per heavy atom. The lowest BCUT2D eigenvalue weighted by molar-refractivity contribution is -0.118. The van der Waals surface area contributed by atoms with Gasteiger partial charge in [0, 0.05) is 17.7 Å². The lowest BCUT2D eigenvalue weighted by atomic mass is 10.1. The number of anilines is 1. The van der Waals surface area contributed by atoms with Crippen molar-refractivity contribution >= 4 is 19.9 Å². The van der Waals surface area contributed by atoms with Crippen LogP contribution in [0.25, 0.3) is 0 Å². The van der Waals surface area contributed by atoms with Gasteiger partial charge in [-0.2, -0.15) is 0 Å². The predicted octanol–water partition coefficient (Wildman–Crippen LogP) is 6.14. The van der Waals surface area contributed by atoms with Crippen molar-refractivity contribution < 1.29 is 9.22 Å². The molecule has 1 amide bonds. The third-order valence-electron chi connectivity index (χ3n) is 4.99. The van der Waals surface area contributed by atoms with Gasteiger partial charge in [-0.3, -0.25) is 4.79 Å². The Kier molecular flexibility index (Phi) is 7.08. The first-order valence-corrected chi connectivity index (χ1v) is 11.3. The van der Waals surface area contributed by atoms with Gasteiger partial charge in [-0.1, -0.05) is 61.5 Å². The van der Waals surface area contributed by atoms with Crippen LogP contribution < -0.4 is 9.74 Å². The molecule has 0 saturated carbocycles. The molecule has 0 radical (unpaired) electrons. The summed E-state index contributed by atoms with van der Waals surface area (Å²) in [6.07, 6.45) is 0. The van der Waals surface area contributed by atoms with E-state index in [1.807, 2.05) is 39.0 Å². The van der Waals surface area contributed by atoms with E-state index in [1.54, 1.807) is 0 Å². The first kappa shape index (κ1) is 20.8. The second-order valence-corrected chi connectivity index (χ2v) is 13.4. The normalized spacial score (nSPS) is 12.4. The Morgan fingerprint density at radius 3 is 1.88 bits per heavy atom. The zero-order valence-electron chi connectivity index (χ0n) is 16.9. The molecule has 24 heavy (non-hydrogen) atoms. The topological polar surface area (TPSA) is 38.3 Å². The SMILES string of the molecule is Cc1ccc(O[Si](C(C)C)(C(C)C)C(C)C)cc1NC(=O)C(C)C. The number of nitrogens with one attached hydrogen (secondary N) is 1. The number of benzene rings is 1. The van der Waals surface area contributed by atoms with Gasteiger partial charge in [0.15, 0.2) is 0 Å². The van der Waals surface area contributed by atoms with Crippen LogP contribution in [0.15, 0.2) is 18.2 Å². The molecule has 0 unspecified atom stereocenters. The van der Waals surface area contributed by atoms with E-state index >= 15 is 0 Å². The highest BCUT2D eigenvalue weighted by atomic mass is 28.4. The maximum absolute atomic E-state index is 12.0. The standard InChI is InChI=1S/C20H35NO2Si/c1-13(2)20(22)21-19-12-18(11-10-17(19)9)23-24(14(3)4,15(5)6)16(7)8/h10-16H,1-9H3,(H,21,22). The minimum Gasteiger partial charge on any atom is -0.543 e. The largest absolute Gasteiger partial charge is 0.543 e. The summed E-state index contributed by atoms with van der Waals surface area (Å²) in [5.41, 5.74) is 3.47. The number of carbonyl (C=O) groups excluding carboxylic acids is 1. The molecule has 0 fully saturated rings. The zero-order valence-corrected chi connectivity index (χ0v) is 17.9. The molecular weight excluding hydrogens is 314 g/mol. The molecule has 4 heteroatoms. The number of amides is 1. The Hall–Kier alpha value is -1.29. The fourth-order valence-electron chi connectivity index (χ4n) is 3.63. The fraction of sp³-hybridized carbons (Fsp3) is 0.650. The summed E-state index contributed by atoms with van der Waals surface area (Å²) in [7, 11) is -1.98. The van der Waals surface area contributed by atoms with Gasteiger partial charge in [-0.25, -0.2) is 0 Å². The quantitative estimate of drug-likeness (QED) is 0.600. The molecule has 0 atom stereocenters. The lowest BCUT2D eigenvalue weighted by Gasteiger charge is -2.42. The van der Waals surface area contributed by atoms with E-state index < -0.39 is 8.32 Å². The van der Waals surface area contributed by atoms with Crippen molar-refractivity contribution in [1.29, 1.82) is 0 Å². The van der Waals surface area contributed by atoms with E-state index in [1.165, 1.54) is 0 Å². The van der Waals surface area contributed by atoms with Crippen molar-refractivity contribution in [3.05, 3.63) is 23.8 Å². The van der Waals surface area contributed by atoms with E-state index in [9.17, 15) is 4.79 Å². The molecule has 1 aromatic rings. The third-order valence-corrected chi connectivity index (χ3v) is 11.0. The van der Waals surface area contributed by atoms with Gasteiger partial charge >= 0.3 is 0 Å². The number of aryl methyl sites for hydroxylation is 1. The molecule has 0 spiro atoms. The van der Waals surface area contributed by atoms with Crippen LogP contribution in [-0.4, -0.2) is 14.2 Å². The van der Waals surface area contributed by atoms with Gasteiger partial charge in [-0.15, -0.1) is 0 Å². The van der Waals surface area contributed by atoms with Crippen LogP contribution in [0.1, 0.15) is 61.0 Å². The average Bonchev–Trinajstić information content (AvgIpc) is 2.46. The summed E-state index contributed by atoms with van der Waals surface area (Å²) in [6.45, 7) is 19.5. The maximum Gasteiger partial charge on any atom is 0.258 e. The molecule has 0 aliphatic rings. The zero-order chi connectivity index (χ0) is 18.7. The molecule has 0 aliphatic carbocycles. The van der Waals surface area contributed by atoms with E-state index in [4.69, 9.17) is 4.43 Å². The first-order chi connectivity index (χ1) is 11.0. The van der Waals surface area contributed by atoms with Crippen LogP contribution in [0.4, 0.5) is 5.69 Å². The van der Waals surface area contributed by atoms with Crippen molar-refractivity contribution in [2.24, 2.45) is 5.92 Å². The van der Waals surface area contributed by atoms with Crippen LogP contribution in [0, 0.1) is 12.8 Å². The van der Waals surface area contributed by atoms with Gasteiger partial charge in [0.05, 0.1) is 0 Å². The molecule has 0 aliphatic heterocycles. The van der Waals surface area contributed by atoms with Crippen molar-refractivity contribution in [1.82, 2.24) is 0 Å². The smallest absolute Gasteiger partial charge is 0.258 e. The Bertz CT molecular complexity index is 543. The summed E-state index contributed by atoms with van der Waals surface area (Å²) in [5.74, 6) is 0.877. The van der Waals surface area contributed by atoms with Crippen molar-refractivity contribution in [3.63, 3.8) is 0 Å². The highest BCUT2D eigenvalue weighted by Crippen LogP contribution is 2.43. The van der Waals surface area contributed by atoms with Gasteiger partial charge in [0.1, 0.15) is 5.75 Å². The number of hydrogen-bond acceptors (Lipinski definition) is 2. The van der Waals surface area contributed by atoms with Gasteiger partial charge in [0.2, 0.25) is 5.91 Å². The summed E-state index contributed by atoms with van der Waals surface area (Å²) in [4.78, 5) is 12.0. The minimum absolute atomic E-state index is 0.0373. The number of hydrogen-bond donors (Lipinski definition) is 1. The molecule has 0 heterocycles. The van der Waals surface area contributed by atoms with Gasteiger partial charge < -0.3 is 9.74 Å². The van der Waals surface area contributed by atoms with Crippen LogP contribution in [0.5, 0.6) is 5.75 Å². The number of carbonyl (C=O) groups is 1. The van der Waals surface area contributed by atoms with Crippen molar-refractivity contribution in [3.8, 4) is 5.75 Å². The molecule has 0 aromatic heterocycles. The predicted molar refractivity (Wildman–Crippen MR) is 106 cm³/mol. The van der Waals surface area contributed by atoms with Crippen LogP contribution in [0.2, 0.25) is 16.6 Å². The molecule has 136 valence electrons. The van der Waals surface area contributed by atoms with Gasteiger partial charge in [-0.05, 0) is 35.2 Å². The first-order valence-electron chi connectivity index (χ1n) is 9.12. The Labute approximate surface area is 149 Å². The van der Waals surface area contributed by atoms with E-state index in [2.05, 4.69) is 46.9 Å². The second kappa shape index (κ2) is 8.19. The molecule has 1 rings (SSSR count). The van der Waals surface area contributed by atoms with Gasteiger partial charge in [0.25, 0.3) is 8.32 Å². The number of rotatable bonds is 7. The summed E-state index contributed by atoms with van der Waals surface area (Å²) >= 11 is 0. The summed E-state index contributed by atoms with van der Waals surface area (Å²) in [5, 5.41) is 3.02. The molecule has 0 saturated heterocycles. The minimum atomic E-state index is -1.98. The highest BCUT2D eigenvalue weighted by molar-refractivity contribution is 6.78. The lowest BCUT2D eigenvalue weighted by Crippen LogP contribution is -2.50. The van der Waals surface area contributed by atoms with E-state index in [-0.39, 0.29) is 11.8 Å². The van der Waals surface area contributed by atoms with Crippen LogP contribution in [-0.2, 0) is 4.79 Å². The fourth-order valence-corrected chi connectivity index (χ4v) is 8.88. The molecule has 1 N–H and O–H groups in total. The maximum atomic E-state index is 12.0. The molecule has 3 nitrogen and oxygen atoms in total. The average molecular weight is 350 g/mol. The summed E-state index contributed by atoms with van der Waals surface area (Å²) in [6, 6.07) is 6.06. The van der Waals surface area contributed by atoms with Crippen LogP contribution in [0.3, 0.4) is 0 Å². The van der Waals surface area contributed by atoms with Crippen molar-refractivity contribution in [2.75, 3.05) is 5.32 Å². The van der Waals surface area contributed by atoms with Crippen LogP contribution >= 0.6 is 0 Å². The van der Waals surface area contributed by atoms with E-state index in [0.717, 1.165) is 17.0 Å². The molecular formula is C20H35NO2Si. The van der Waals surface area contributed by atoms with Crippen molar-refractivity contribution in [2.45, 2.75) is 78.9 Å². The monoisotopic (exact) mass is 349 g/mol. The Balaban J connectivity index is 3.20.